The maximum atomic E-state index is 12.7. The number of carbonyl (C=O) groups is 1. The summed E-state index contributed by atoms with van der Waals surface area (Å²) in [5.74, 6) is 1.04. The van der Waals surface area contributed by atoms with Crippen LogP contribution in [0.15, 0.2) is 42.6 Å². The first-order chi connectivity index (χ1) is 18.7. The Morgan fingerprint density at radius 1 is 1.23 bits per heavy atom. The van der Waals surface area contributed by atoms with Gasteiger partial charge in [-0.3, -0.25) is 4.79 Å². The zero-order chi connectivity index (χ0) is 27.7. The van der Waals surface area contributed by atoms with Crippen molar-refractivity contribution in [2.45, 2.75) is 53.1 Å². The summed E-state index contributed by atoms with van der Waals surface area (Å²) in [5.41, 5.74) is 3.19. The van der Waals surface area contributed by atoms with Gasteiger partial charge in [0.2, 0.25) is 5.28 Å². The Kier molecular flexibility index (Phi) is 7.48. The number of aromatic nitrogens is 3. The van der Waals surface area contributed by atoms with Crippen LogP contribution in [-0.2, 0) is 17.8 Å². The SMILES string of the molecule is CCn1cc(Cc2cc(OC(=O)C(C)(C)C)cc3ccccc23)c2nc(Cl)nc(N3CCN[C@@H](CC#N)C3)c21. The number of ether oxygens (including phenoxy) is 1. The lowest BCUT2D eigenvalue weighted by molar-refractivity contribution is -0.142. The number of hydrogen-bond donors (Lipinski definition) is 1. The summed E-state index contributed by atoms with van der Waals surface area (Å²) in [7, 11) is 0. The van der Waals surface area contributed by atoms with Crippen LogP contribution < -0.4 is 15.0 Å². The number of anilines is 1. The summed E-state index contributed by atoms with van der Waals surface area (Å²) in [6.07, 6.45) is 3.13. The van der Waals surface area contributed by atoms with Gasteiger partial charge in [-0.2, -0.15) is 10.2 Å². The molecular weight excluding hydrogens is 512 g/mol. The normalized spacial score (nSPS) is 16.0. The first kappa shape index (κ1) is 26.9. The Balaban J connectivity index is 1.59. The van der Waals surface area contributed by atoms with E-state index in [9.17, 15) is 10.1 Å². The van der Waals surface area contributed by atoms with E-state index in [0.29, 0.717) is 25.1 Å². The van der Waals surface area contributed by atoms with Crippen molar-refractivity contribution < 1.29 is 9.53 Å². The third-order valence-electron chi connectivity index (χ3n) is 7.10. The summed E-state index contributed by atoms with van der Waals surface area (Å²) in [4.78, 5) is 24.2. The number of carbonyl (C=O) groups excluding carboxylic acids is 1. The third-order valence-corrected chi connectivity index (χ3v) is 7.27. The van der Waals surface area contributed by atoms with Crippen molar-refractivity contribution in [3.63, 3.8) is 0 Å². The summed E-state index contributed by atoms with van der Waals surface area (Å²) in [6, 6.07) is 14.3. The Morgan fingerprint density at radius 3 is 2.77 bits per heavy atom. The molecule has 0 bridgehead atoms. The van der Waals surface area contributed by atoms with Gasteiger partial charge >= 0.3 is 5.97 Å². The van der Waals surface area contributed by atoms with Crippen LogP contribution in [0.3, 0.4) is 0 Å². The van der Waals surface area contributed by atoms with Gasteiger partial charge in [-0.15, -0.1) is 0 Å². The summed E-state index contributed by atoms with van der Waals surface area (Å²) in [5, 5.41) is 14.9. The van der Waals surface area contributed by atoms with Crippen LogP contribution >= 0.6 is 11.6 Å². The second-order valence-electron chi connectivity index (χ2n) is 11.0. The molecule has 39 heavy (non-hydrogen) atoms. The molecule has 8 nitrogen and oxygen atoms in total. The van der Waals surface area contributed by atoms with Crippen molar-refractivity contribution in [3.8, 4) is 11.8 Å². The molecule has 1 atom stereocenters. The molecule has 0 saturated carbocycles. The lowest BCUT2D eigenvalue weighted by Crippen LogP contribution is -2.51. The predicted octanol–water partition coefficient (Wildman–Crippen LogP) is 5.49. The molecule has 0 radical (unpaired) electrons. The fourth-order valence-corrected chi connectivity index (χ4v) is 5.28. The number of nitriles is 1. The number of aryl methyl sites for hydroxylation is 1. The Bertz CT molecular complexity index is 1580. The molecule has 4 aromatic rings. The molecule has 1 aliphatic rings. The molecule has 3 heterocycles. The topological polar surface area (TPSA) is 96.1 Å². The molecule has 1 fully saturated rings. The molecule has 0 unspecified atom stereocenters. The van der Waals surface area contributed by atoms with Crippen LogP contribution in [0.2, 0.25) is 5.28 Å². The molecule has 0 aliphatic carbocycles. The summed E-state index contributed by atoms with van der Waals surface area (Å²) in [6.45, 7) is 10.6. The quantitative estimate of drug-likeness (QED) is 0.195. The average Bonchev–Trinajstić information content (AvgIpc) is 3.25. The van der Waals surface area contributed by atoms with Crippen molar-refractivity contribution in [1.82, 2.24) is 19.9 Å². The van der Waals surface area contributed by atoms with Gasteiger partial charge in [0.25, 0.3) is 0 Å². The highest BCUT2D eigenvalue weighted by Gasteiger charge is 2.26. The van der Waals surface area contributed by atoms with E-state index in [1.807, 2.05) is 51.1 Å². The molecule has 1 aliphatic heterocycles. The van der Waals surface area contributed by atoms with E-state index in [-0.39, 0.29) is 17.3 Å². The smallest absolute Gasteiger partial charge is 0.316 e. The van der Waals surface area contributed by atoms with E-state index in [1.54, 1.807) is 0 Å². The first-order valence-electron chi connectivity index (χ1n) is 13.3. The molecule has 202 valence electrons. The lowest BCUT2D eigenvalue weighted by Gasteiger charge is -2.34. The van der Waals surface area contributed by atoms with E-state index in [1.165, 1.54) is 0 Å². The van der Waals surface area contributed by atoms with Crippen LogP contribution in [0.4, 0.5) is 5.82 Å². The second kappa shape index (κ2) is 10.8. The molecule has 0 amide bonds. The van der Waals surface area contributed by atoms with E-state index < -0.39 is 5.41 Å². The number of fused-ring (bicyclic) bond motifs is 2. The molecule has 9 heteroatoms. The molecule has 5 rings (SSSR count). The molecule has 0 spiro atoms. The molecule has 1 saturated heterocycles. The molecule has 2 aromatic heterocycles. The lowest BCUT2D eigenvalue weighted by atomic mass is 9.97. The largest absolute Gasteiger partial charge is 0.426 e. The number of nitrogens with one attached hydrogen (secondary N) is 1. The maximum Gasteiger partial charge on any atom is 0.316 e. The Hall–Kier alpha value is -3.67. The van der Waals surface area contributed by atoms with Crippen molar-refractivity contribution >= 4 is 45.2 Å². The van der Waals surface area contributed by atoms with Gasteiger partial charge in [0.1, 0.15) is 11.3 Å². The van der Waals surface area contributed by atoms with E-state index in [0.717, 1.165) is 58.4 Å². The Morgan fingerprint density at radius 2 is 2.03 bits per heavy atom. The number of halogens is 1. The molecule has 2 aromatic carbocycles. The minimum atomic E-state index is -0.610. The van der Waals surface area contributed by atoms with E-state index in [2.05, 4.69) is 50.0 Å². The highest BCUT2D eigenvalue weighted by atomic mass is 35.5. The molecule has 1 N–H and O–H groups in total. The van der Waals surface area contributed by atoms with E-state index in [4.69, 9.17) is 16.3 Å². The van der Waals surface area contributed by atoms with Crippen LogP contribution in [0.1, 0.15) is 45.2 Å². The summed E-state index contributed by atoms with van der Waals surface area (Å²) < 4.78 is 7.97. The Labute approximate surface area is 233 Å². The minimum Gasteiger partial charge on any atom is -0.426 e. The number of benzene rings is 2. The van der Waals surface area contributed by atoms with Crippen molar-refractivity contribution in [3.05, 3.63) is 59.0 Å². The van der Waals surface area contributed by atoms with Gasteiger partial charge in [-0.1, -0.05) is 24.3 Å². The number of rotatable bonds is 6. The standard InChI is InChI=1S/C30H33ClN6O2/c1-5-36-17-21(25-26(36)27(35-29(31)34-25)37-13-12-33-22(18-37)10-11-32)14-20-16-23(39-28(38)30(2,3)4)15-19-8-6-7-9-24(19)20/h6-9,15-17,22,33H,5,10,12-14,18H2,1-4H3/t22-/m0/s1. The number of hydrogen-bond acceptors (Lipinski definition) is 7. The van der Waals surface area contributed by atoms with Crippen LogP contribution in [0, 0.1) is 16.7 Å². The monoisotopic (exact) mass is 544 g/mol. The van der Waals surface area contributed by atoms with Crippen LogP contribution in [-0.4, -0.2) is 46.2 Å². The number of esters is 1. The third kappa shape index (κ3) is 5.56. The molecular formula is C30H33ClN6O2. The summed E-state index contributed by atoms with van der Waals surface area (Å²) >= 11 is 6.50. The van der Waals surface area contributed by atoms with Crippen LogP contribution in [0.25, 0.3) is 21.8 Å². The van der Waals surface area contributed by atoms with Gasteiger partial charge < -0.3 is 19.5 Å². The second-order valence-corrected chi connectivity index (χ2v) is 11.4. The number of nitrogens with zero attached hydrogens (tertiary/aromatic N) is 5. The number of piperazine rings is 1. The zero-order valence-electron chi connectivity index (χ0n) is 22.8. The highest BCUT2D eigenvalue weighted by Crippen LogP contribution is 2.34. The van der Waals surface area contributed by atoms with Crippen molar-refractivity contribution in [2.75, 3.05) is 24.5 Å². The fraction of sp³-hybridized carbons (Fsp3) is 0.400. The average molecular weight is 545 g/mol. The van der Waals surface area contributed by atoms with Gasteiger partial charge in [0.15, 0.2) is 5.82 Å². The van der Waals surface area contributed by atoms with Gasteiger partial charge in [0.05, 0.1) is 23.4 Å². The van der Waals surface area contributed by atoms with Crippen molar-refractivity contribution in [2.24, 2.45) is 5.41 Å². The van der Waals surface area contributed by atoms with Gasteiger partial charge in [-0.25, -0.2) is 4.98 Å². The van der Waals surface area contributed by atoms with Gasteiger partial charge in [-0.05, 0) is 67.8 Å². The van der Waals surface area contributed by atoms with E-state index >= 15 is 0 Å². The fourth-order valence-electron chi connectivity index (χ4n) is 5.11. The predicted molar refractivity (Wildman–Crippen MR) is 154 cm³/mol. The van der Waals surface area contributed by atoms with Crippen molar-refractivity contribution in [1.29, 1.82) is 5.26 Å². The highest BCUT2D eigenvalue weighted by molar-refractivity contribution is 6.28. The van der Waals surface area contributed by atoms with Crippen LogP contribution in [0.5, 0.6) is 5.75 Å². The first-order valence-corrected chi connectivity index (χ1v) is 13.7. The maximum absolute atomic E-state index is 12.7. The zero-order valence-corrected chi connectivity index (χ0v) is 23.5. The minimum absolute atomic E-state index is 0.0713. The van der Waals surface area contributed by atoms with Gasteiger partial charge in [0, 0.05) is 50.4 Å².